The van der Waals surface area contributed by atoms with Crippen LogP contribution in [-0.2, 0) is 33.4 Å². The molecule has 2 aromatic rings. The van der Waals surface area contributed by atoms with Gasteiger partial charge in [0.2, 0.25) is 5.91 Å². The first-order valence-electron chi connectivity index (χ1n) is 14.9. The molecular weight excluding hydrogens is 620 g/mol. The lowest BCUT2D eigenvalue weighted by Crippen LogP contribution is -2.54. The van der Waals surface area contributed by atoms with Gasteiger partial charge in [-0.2, -0.15) is 26.3 Å². The standard InChI is InChI=1S/C33H39F6NO6/c1-6-10-21-18-24(31(43,32(34,35)36)33(37,38)39)19-22(11-7-2)28(21)46-17-9-8-16-40-27(41)14-15-30(3,29(40)42)23-12-13-25(44-4)26(20-23)45-5/h12-15,18-20,43H,6-11,16-17H2,1-5H3. The van der Waals surface area contributed by atoms with Gasteiger partial charge in [-0.25, -0.2) is 0 Å². The second kappa shape index (κ2) is 14.4. The quantitative estimate of drug-likeness (QED) is 0.134. The number of nitrogens with zero attached hydrogens (tertiary/aromatic N) is 1. The van der Waals surface area contributed by atoms with Crippen molar-refractivity contribution >= 4 is 11.8 Å². The Bertz CT molecular complexity index is 1400. The number of halogens is 6. The second-order valence-electron chi connectivity index (χ2n) is 11.3. The molecule has 0 fully saturated rings. The van der Waals surface area contributed by atoms with E-state index in [1.54, 1.807) is 39.0 Å². The van der Waals surface area contributed by atoms with E-state index in [9.17, 15) is 41.0 Å². The summed E-state index contributed by atoms with van der Waals surface area (Å²) in [6, 6.07) is 6.47. The van der Waals surface area contributed by atoms with Gasteiger partial charge in [-0.05, 0) is 73.6 Å². The molecule has 1 heterocycles. The lowest BCUT2D eigenvalue weighted by atomic mass is 9.78. The van der Waals surface area contributed by atoms with E-state index in [1.807, 2.05) is 0 Å². The Labute approximate surface area is 264 Å². The molecule has 0 radical (unpaired) electrons. The molecule has 0 bridgehead atoms. The first-order chi connectivity index (χ1) is 21.5. The van der Waals surface area contributed by atoms with Crippen LogP contribution in [0.3, 0.4) is 0 Å². The predicted octanol–water partition coefficient (Wildman–Crippen LogP) is 6.96. The first kappa shape index (κ1) is 36.7. The fourth-order valence-electron chi connectivity index (χ4n) is 5.46. The van der Waals surface area contributed by atoms with E-state index in [0.29, 0.717) is 54.9 Å². The summed E-state index contributed by atoms with van der Waals surface area (Å²) in [7, 11) is 2.95. The van der Waals surface area contributed by atoms with E-state index in [-0.39, 0.29) is 42.9 Å². The second-order valence-corrected chi connectivity index (χ2v) is 11.3. The summed E-state index contributed by atoms with van der Waals surface area (Å²) < 4.78 is 98.5. The molecule has 0 spiro atoms. The smallest absolute Gasteiger partial charge is 0.430 e. The molecule has 1 atom stereocenters. The Morgan fingerprint density at radius 1 is 0.848 bits per heavy atom. The Balaban J connectivity index is 1.79. The SMILES string of the molecule is CCCc1cc(C(O)(C(F)(F)F)C(F)(F)F)cc(CCC)c1OCCCCN1C(=O)C=CC(C)(c2ccc(OC)c(OC)c2)C1=O. The van der Waals surface area contributed by atoms with Gasteiger partial charge in [0, 0.05) is 18.2 Å². The summed E-state index contributed by atoms with van der Waals surface area (Å²) in [4.78, 5) is 27.4. The molecule has 1 unspecified atom stereocenters. The number of hydrogen-bond acceptors (Lipinski definition) is 6. The molecule has 0 aromatic heterocycles. The summed E-state index contributed by atoms with van der Waals surface area (Å²) in [5.74, 6) is 0.138. The molecule has 2 amide bonds. The van der Waals surface area contributed by atoms with Crippen molar-refractivity contribution in [2.45, 2.75) is 82.7 Å². The van der Waals surface area contributed by atoms with E-state index in [2.05, 4.69) is 0 Å². The largest absolute Gasteiger partial charge is 0.493 e. The van der Waals surface area contributed by atoms with Crippen LogP contribution in [0.25, 0.3) is 0 Å². The van der Waals surface area contributed by atoms with Gasteiger partial charge in [-0.1, -0.05) is 38.8 Å². The number of aliphatic hydroxyl groups is 1. The third-order valence-electron chi connectivity index (χ3n) is 8.04. The van der Waals surface area contributed by atoms with Crippen molar-refractivity contribution in [1.82, 2.24) is 4.90 Å². The normalized spacial score (nSPS) is 17.4. The van der Waals surface area contributed by atoms with Crippen LogP contribution in [0, 0.1) is 0 Å². The molecule has 2 aromatic carbocycles. The highest BCUT2D eigenvalue weighted by molar-refractivity contribution is 6.09. The molecule has 0 saturated heterocycles. The van der Waals surface area contributed by atoms with Gasteiger partial charge in [0.1, 0.15) is 5.75 Å². The number of benzene rings is 2. The van der Waals surface area contributed by atoms with Crippen molar-refractivity contribution in [3.05, 3.63) is 64.7 Å². The van der Waals surface area contributed by atoms with Gasteiger partial charge < -0.3 is 19.3 Å². The zero-order valence-electron chi connectivity index (χ0n) is 26.4. The molecule has 46 heavy (non-hydrogen) atoms. The highest BCUT2D eigenvalue weighted by Crippen LogP contribution is 2.51. The average Bonchev–Trinajstić information content (AvgIpc) is 2.99. The van der Waals surface area contributed by atoms with Crippen molar-refractivity contribution in [1.29, 1.82) is 0 Å². The molecular formula is C33H39F6NO6. The van der Waals surface area contributed by atoms with Crippen LogP contribution >= 0.6 is 0 Å². The minimum absolute atomic E-state index is 0.0224. The maximum absolute atomic E-state index is 13.7. The molecule has 1 aliphatic heterocycles. The zero-order valence-corrected chi connectivity index (χ0v) is 26.4. The van der Waals surface area contributed by atoms with Crippen LogP contribution in [0.1, 0.15) is 68.7 Å². The summed E-state index contributed by atoms with van der Waals surface area (Å²) in [5.41, 5.74) is -6.69. The molecule has 13 heteroatoms. The fourth-order valence-corrected chi connectivity index (χ4v) is 5.46. The Hall–Kier alpha value is -3.74. The van der Waals surface area contributed by atoms with E-state index in [1.165, 1.54) is 26.4 Å². The average molecular weight is 660 g/mol. The van der Waals surface area contributed by atoms with E-state index < -0.39 is 40.7 Å². The van der Waals surface area contributed by atoms with Crippen LogP contribution in [0.4, 0.5) is 26.3 Å². The van der Waals surface area contributed by atoms with E-state index in [4.69, 9.17) is 14.2 Å². The number of carbonyl (C=O) groups is 2. The van der Waals surface area contributed by atoms with Crippen molar-refractivity contribution in [2.75, 3.05) is 27.4 Å². The maximum atomic E-state index is 13.7. The van der Waals surface area contributed by atoms with Crippen LogP contribution in [0.5, 0.6) is 17.2 Å². The Morgan fingerprint density at radius 2 is 1.41 bits per heavy atom. The summed E-state index contributed by atoms with van der Waals surface area (Å²) in [6.07, 6.45) is -7.49. The lowest BCUT2D eigenvalue weighted by molar-refractivity contribution is -0.376. The fraction of sp³-hybridized carbons (Fsp3) is 0.515. The summed E-state index contributed by atoms with van der Waals surface area (Å²) >= 11 is 0. The van der Waals surface area contributed by atoms with Crippen molar-refractivity contribution in [3.63, 3.8) is 0 Å². The molecule has 0 aliphatic carbocycles. The first-order valence-corrected chi connectivity index (χ1v) is 14.9. The van der Waals surface area contributed by atoms with Gasteiger partial charge in [0.25, 0.3) is 11.5 Å². The summed E-state index contributed by atoms with van der Waals surface area (Å²) in [6.45, 7) is 5.19. The topological polar surface area (TPSA) is 85.3 Å². The van der Waals surface area contributed by atoms with Gasteiger partial charge in [0.15, 0.2) is 11.5 Å². The number of hydrogen-bond donors (Lipinski definition) is 1. The highest BCUT2D eigenvalue weighted by atomic mass is 19.4. The van der Waals surface area contributed by atoms with Gasteiger partial charge in [-0.15, -0.1) is 0 Å². The van der Waals surface area contributed by atoms with Crippen LogP contribution in [0.15, 0.2) is 42.5 Å². The molecule has 1 N–H and O–H groups in total. The minimum atomic E-state index is -6.01. The van der Waals surface area contributed by atoms with Crippen molar-refractivity contribution < 1.29 is 55.2 Å². The van der Waals surface area contributed by atoms with Crippen LogP contribution < -0.4 is 14.2 Å². The zero-order chi connectivity index (χ0) is 34.5. The molecule has 1 aliphatic rings. The number of amides is 2. The number of methoxy groups -OCH3 is 2. The maximum Gasteiger partial charge on any atom is 0.430 e. The van der Waals surface area contributed by atoms with Gasteiger partial charge >= 0.3 is 12.4 Å². The van der Waals surface area contributed by atoms with E-state index in [0.717, 1.165) is 4.90 Å². The Morgan fingerprint density at radius 3 is 1.91 bits per heavy atom. The highest BCUT2D eigenvalue weighted by Gasteiger charge is 2.71. The molecule has 0 saturated carbocycles. The van der Waals surface area contributed by atoms with Crippen molar-refractivity contribution in [2.24, 2.45) is 0 Å². The van der Waals surface area contributed by atoms with Crippen LogP contribution in [-0.4, -0.2) is 61.5 Å². The predicted molar refractivity (Wildman–Crippen MR) is 158 cm³/mol. The minimum Gasteiger partial charge on any atom is -0.493 e. The lowest BCUT2D eigenvalue weighted by Gasteiger charge is -2.35. The Kier molecular flexibility index (Phi) is 11.5. The third kappa shape index (κ3) is 7.13. The van der Waals surface area contributed by atoms with E-state index >= 15 is 0 Å². The number of ether oxygens (including phenoxy) is 3. The van der Waals surface area contributed by atoms with Gasteiger partial charge in [0.05, 0.1) is 26.2 Å². The number of alkyl halides is 6. The molecule has 254 valence electrons. The van der Waals surface area contributed by atoms with Crippen molar-refractivity contribution in [3.8, 4) is 17.2 Å². The van der Waals surface area contributed by atoms with Gasteiger partial charge in [-0.3, -0.25) is 14.5 Å². The monoisotopic (exact) mass is 659 g/mol. The number of rotatable bonds is 14. The molecule has 7 nitrogen and oxygen atoms in total. The number of aryl methyl sites for hydroxylation is 2. The van der Waals surface area contributed by atoms with Crippen LogP contribution in [0.2, 0.25) is 0 Å². The number of carbonyl (C=O) groups excluding carboxylic acids is 2. The number of unbranched alkanes of at least 4 members (excludes halogenated alkanes) is 1. The third-order valence-corrected chi connectivity index (χ3v) is 8.04. The number of imide groups is 1. The summed E-state index contributed by atoms with van der Waals surface area (Å²) in [5, 5.41) is 10.0. The molecule has 3 rings (SSSR count).